The maximum absolute atomic E-state index is 6.31. The zero-order valence-corrected chi connectivity index (χ0v) is 16.4. The minimum absolute atomic E-state index is 0.652. The van der Waals surface area contributed by atoms with Gasteiger partial charge < -0.3 is 4.90 Å². The van der Waals surface area contributed by atoms with Crippen molar-refractivity contribution < 1.29 is 0 Å². The maximum Gasteiger partial charge on any atom is 0.0637 e. The van der Waals surface area contributed by atoms with Gasteiger partial charge >= 0.3 is 0 Å². The van der Waals surface area contributed by atoms with Gasteiger partial charge in [0.25, 0.3) is 0 Å². The SMILES string of the molecule is CN(Cc1ccsc1)CC1CCN(Cc2cccc(Cl)c2Cl)CC1. The maximum atomic E-state index is 6.31. The molecule has 1 aliphatic rings. The molecule has 0 atom stereocenters. The van der Waals surface area contributed by atoms with Crippen molar-refractivity contribution >= 4 is 34.5 Å². The van der Waals surface area contributed by atoms with Crippen LogP contribution in [0.25, 0.3) is 0 Å². The van der Waals surface area contributed by atoms with E-state index in [0.717, 1.165) is 37.7 Å². The van der Waals surface area contributed by atoms with Gasteiger partial charge in [-0.2, -0.15) is 11.3 Å². The Balaban J connectivity index is 1.44. The van der Waals surface area contributed by atoms with Gasteiger partial charge in [0.1, 0.15) is 0 Å². The Kier molecular flexibility index (Phi) is 6.59. The highest BCUT2D eigenvalue weighted by Gasteiger charge is 2.21. The molecule has 0 unspecified atom stereocenters. The van der Waals surface area contributed by atoms with Crippen LogP contribution in [0.2, 0.25) is 10.0 Å². The highest BCUT2D eigenvalue weighted by atomic mass is 35.5. The number of halogens is 2. The molecule has 1 aromatic heterocycles. The first kappa shape index (κ1) is 18.2. The van der Waals surface area contributed by atoms with Gasteiger partial charge in [-0.1, -0.05) is 35.3 Å². The predicted octanol–water partition coefficient (Wildman–Crippen LogP) is 5.40. The number of hydrogen-bond donors (Lipinski definition) is 0. The van der Waals surface area contributed by atoms with Gasteiger partial charge in [-0.25, -0.2) is 0 Å². The van der Waals surface area contributed by atoms with Crippen molar-refractivity contribution in [2.45, 2.75) is 25.9 Å². The number of rotatable bonds is 6. The lowest BCUT2D eigenvalue weighted by atomic mass is 9.96. The predicted molar refractivity (Wildman–Crippen MR) is 105 cm³/mol. The summed E-state index contributed by atoms with van der Waals surface area (Å²) in [5, 5.41) is 5.76. The molecular formula is C19H24Cl2N2S. The molecule has 2 heterocycles. The Morgan fingerprint density at radius 3 is 2.71 bits per heavy atom. The van der Waals surface area contributed by atoms with Gasteiger partial charge in [0.05, 0.1) is 10.0 Å². The average Bonchev–Trinajstić information content (AvgIpc) is 3.06. The summed E-state index contributed by atoms with van der Waals surface area (Å²) in [7, 11) is 2.23. The molecular weight excluding hydrogens is 359 g/mol. The highest BCUT2D eigenvalue weighted by molar-refractivity contribution is 7.07. The first-order valence-corrected chi connectivity index (χ1v) is 10.2. The van der Waals surface area contributed by atoms with Gasteiger partial charge in [0.2, 0.25) is 0 Å². The van der Waals surface area contributed by atoms with Crippen LogP contribution in [0.4, 0.5) is 0 Å². The molecule has 0 spiro atoms. The summed E-state index contributed by atoms with van der Waals surface area (Å²) in [6.45, 7) is 5.42. The summed E-state index contributed by atoms with van der Waals surface area (Å²) in [5.74, 6) is 0.791. The Labute approximate surface area is 159 Å². The molecule has 0 aliphatic carbocycles. The molecule has 3 rings (SSSR count). The lowest BCUT2D eigenvalue weighted by Gasteiger charge is -2.34. The third-order valence-electron chi connectivity index (χ3n) is 4.74. The summed E-state index contributed by atoms with van der Waals surface area (Å²) in [6, 6.07) is 8.13. The van der Waals surface area contributed by atoms with Gasteiger partial charge in [-0.05, 0) is 72.9 Å². The Morgan fingerprint density at radius 1 is 1.21 bits per heavy atom. The zero-order chi connectivity index (χ0) is 16.9. The molecule has 0 saturated carbocycles. The average molecular weight is 383 g/mol. The van der Waals surface area contributed by atoms with Gasteiger partial charge in [0, 0.05) is 19.6 Å². The van der Waals surface area contributed by atoms with E-state index in [1.807, 2.05) is 12.1 Å². The summed E-state index contributed by atoms with van der Waals surface area (Å²) in [6.07, 6.45) is 2.51. The van der Waals surface area contributed by atoms with Crippen LogP contribution >= 0.6 is 34.5 Å². The smallest absolute Gasteiger partial charge is 0.0637 e. The monoisotopic (exact) mass is 382 g/mol. The molecule has 2 aromatic rings. The molecule has 2 nitrogen and oxygen atoms in total. The fourth-order valence-electron chi connectivity index (χ4n) is 3.44. The number of likely N-dealkylation sites (tertiary alicyclic amines) is 1. The minimum Gasteiger partial charge on any atom is -0.302 e. The van der Waals surface area contributed by atoms with E-state index in [4.69, 9.17) is 23.2 Å². The van der Waals surface area contributed by atoms with Crippen LogP contribution in [0, 0.1) is 5.92 Å². The summed E-state index contributed by atoms with van der Waals surface area (Å²) >= 11 is 14.2. The number of hydrogen-bond acceptors (Lipinski definition) is 3. The van der Waals surface area contributed by atoms with E-state index < -0.39 is 0 Å². The van der Waals surface area contributed by atoms with Crippen molar-refractivity contribution in [3.8, 4) is 0 Å². The van der Waals surface area contributed by atoms with Crippen LogP contribution < -0.4 is 0 Å². The fourth-order valence-corrected chi connectivity index (χ4v) is 4.48. The van der Waals surface area contributed by atoms with E-state index in [1.54, 1.807) is 11.3 Å². The lowest BCUT2D eigenvalue weighted by Crippen LogP contribution is -2.37. The van der Waals surface area contributed by atoms with Gasteiger partial charge in [0.15, 0.2) is 0 Å². The minimum atomic E-state index is 0.652. The Hall–Kier alpha value is -0.580. The topological polar surface area (TPSA) is 6.48 Å². The first-order valence-electron chi connectivity index (χ1n) is 8.46. The molecule has 5 heteroatoms. The van der Waals surface area contributed by atoms with E-state index >= 15 is 0 Å². The van der Waals surface area contributed by atoms with Crippen molar-refractivity contribution in [2.75, 3.05) is 26.7 Å². The van der Waals surface area contributed by atoms with Crippen molar-refractivity contribution in [1.82, 2.24) is 9.80 Å². The molecule has 1 fully saturated rings. The van der Waals surface area contributed by atoms with E-state index in [1.165, 1.54) is 24.9 Å². The van der Waals surface area contributed by atoms with Crippen molar-refractivity contribution in [1.29, 1.82) is 0 Å². The standard InChI is InChI=1S/C19H24Cl2N2S/c1-22(12-16-7-10-24-14-16)11-15-5-8-23(9-6-15)13-17-3-2-4-18(20)19(17)21/h2-4,7,10,14-15H,5-6,8-9,11-13H2,1H3. The van der Waals surface area contributed by atoms with Crippen molar-refractivity contribution in [2.24, 2.45) is 5.92 Å². The van der Waals surface area contributed by atoms with Crippen molar-refractivity contribution in [3.63, 3.8) is 0 Å². The molecule has 0 bridgehead atoms. The van der Waals surface area contributed by atoms with Crippen LogP contribution in [0.1, 0.15) is 24.0 Å². The van der Waals surface area contributed by atoms with E-state index in [-0.39, 0.29) is 0 Å². The summed E-state index contributed by atoms with van der Waals surface area (Å²) < 4.78 is 0. The summed E-state index contributed by atoms with van der Waals surface area (Å²) in [5.41, 5.74) is 2.56. The lowest BCUT2D eigenvalue weighted by molar-refractivity contribution is 0.147. The fraction of sp³-hybridized carbons (Fsp3) is 0.474. The molecule has 0 N–H and O–H groups in total. The molecule has 1 aromatic carbocycles. The van der Waals surface area contributed by atoms with Gasteiger partial charge in [-0.3, -0.25) is 4.90 Å². The third kappa shape index (κ3) is 4.96. The van der Waals surface area contributed by atoms with Crippen LogP contribution in [0.3, 0.4) is 0 Å². The summed E-state index contributed by atoms with van der Waals surface area (Å²) in [4.78, 5) is 4.95. The Bertz CT molecular complexity index is 637. The molecule has 0 amide bonds. The van der Waals surface area contributed by atoms with Crippen LogP contribution in [-0.2, 0) is 13.1 Å². The second kappa shape index (κ2) is 8.68. The second-order valence-corrected chi connectivity index (χ2v) is 8.33. The largest absolute Gasteiger partial charge is 0.302 e. The number of piperidine rings is 1. The highest BCUT2D eigenvalue weighted by Crippen LogP contribution is 2.28. The van der Waals surface area contributed by atoms with Crippen LogP contribution in [0.5, 0.6) is 0 Å². The number of nitrogens with zero attached hydrogens (tertiary/aromatic N) is 2. The molecule has 0 radical (unpaired) electrons. The molecule has 1 saturated heterocycles. The van der Waals surface area contributed by atoms with E-state index in [0.29, 0.717) is 10.0 Å². The number of thiophene rings is 1. The zero-order valence-electron chi connectivity index (χ0n) is 14.0. The molecule has 1 aliphatic heterocycles. The van der Waals surface area contributed by atoms with Crippen molar-refractivity contribution in [3.05, 3.63) is 56.2 Å². The van der Waals surface area contributed by atoms with E-state index in [2.05, 4.69) is 39.7 Å². The van der Waals surface area contributed by atoms with Crippen LogP contribution in [-0.4, -0.2) is 36.5 Å². The molecule has 24 heavy (non-hydrogen) atoms. The second-order valence-electron chi connectivity index (χ2n) is 6.76. The third-order valence-corrected chi connectivity index (χ3v) is 6.33. The normalized spacial score (nSPS) is 16.8. The van der Waals surface area contributed by atoms with E-state index in [9.17, 15) is 0 Å². The quantitative estimate of drug-likeness (QED) is 0.659. The first-order chi connectivity index (χ1) is 11.6. The van der Waals surface area contributed by atoms with Gasteiger partial charge in [-0.15, -0.1) is 0 Å². The molecule has 130 valence electrons. The number of benzene rings is 1. The van der Waals surface area contributed by atoms with Crippen LogP contribution in [0.15, 0.2) is 35.0 Å². The Morgan fingerprint density at radius 2 is 2.00 bits per heavy atom.